The zero-order chi connectivity index (χ0) is 15.9. The summed E-state index contributed by atoms with van der Waals surface area (Å²) in [6, 6.07) is 13.8. The van der Waals surface area contributed by atoms with Crippen molar-refractivity contribution in [1.82, 2.24) is 5.43 Å². The zero-order valence-electron chi connectivity index (χ0n) is 12.2. The Morgan fingerprint density at radius 1 is 1.14 bits per heavy atom. The van der Waals surface area contributed by atoms with Crippen LogP contribution in [-0.2, 0) is 11.2 Å². The minimum absolute atomic E-state index is 0.188. The molecule has 0 aliphatic carbocycles. The van der Waals surface area contributed by atoms with Crippen molar-refractivity contribution in [3.05, 3.63) is 64.7 Å². The molecule has 0 radical (unpaired) electrons. The summed E-state index contributed by atoms with van der Waals surface area (Å²) in [6.45, 7) is 1.96. The highest BCUT2D eigenvalue weighted by Crippen LogP contribution is 2.12. The van der Waals surface area contributed by atoms with E-state index in [0.29, 0.717) is 11.4 Å². The van der Waals surface area contributed by atoms with Crippen molar-refractivity contribution in [2.75, 3.05) is 0 Å². The highest BCUT2D eigenvalue weighted by molar-refractivity contribution is 6.30. The van der Waals surface area contributed by atoms with Crippen LogP contribution in [0.2, 0.25) is 5.02 Å². The van der Waals surface area contributed by atoms with Crippen LogP contribution in [0.1, 0.15) is 24.5 Å². The molecular formula is C17H17ClN2O2. The van der Waals surface area contributed by atoms with E-state index in [0.717, 1.165) is 16.8 Å². The third-order valence-electron chi connectivity index (χ3n) is 3.13. The SMILES string of the molecule is CCC(=NNC(=O)Cc1ccc(Cl)cc1)c1ccc(O)cc1. The topological polar surface area (TPSA) is 61.7 Å². The van der Waals surface area contributed by atoms with Crippen molar-refractivity contribution in [3.8, 4) is 5.75 Å². The molecule has 0 spiro atoms. The number of carbonyl (C=O) groups is 1. The molecule has 0 saturated carbocycles. The number of carbonyl (C=O) groups excluding carboxylic acids is 1. The average Bonchev–Trinajstić information content (AvgIpc) is 2.52. The van der Waals surface area contributed by atoms with Crippen molar-refractivity contribution in [2.24, 2.45) is 5.10 Å². The molecule has 0 heterocycles. The van der Waals surface area contributed by atoms with Crippen LogP contribution in [0, 0.1) is 0 Å². The number of aromatic hydroxyl groups is 1. The Morgan fingerprint density at radius 2 is 1.77 bits per heavy atom. The molecular weight excluding hydrogens is 300 g/mol. The summed E-state index contributed by atoms with van der Waals surface area (Å²) in [7, 11) is 0. The third kappa shape index (κ3) is 4.60. The zero-order valence-corrected chi connectivity index (χ0v) is 13.0. The summed E-state index contributed by atoms with van der Waals surface area (Å²) in [5.41, 5.74) is 5.06. The lowest BCUT2D eigenvalue weighted by Gasteiger charge is -2.06. The van der Waals surface area contributed by atoms with Crippen LogP contribution in [0.15, 0.2) is 53.6 Å². The minimum Gasteiger partial charge on any atom is -0.508 e. The van der Waals surface area contributed by atoms with E-state index in [1.807, 2.05) is 19.1 Å². The molecule has 0 unspecified atom stereocenters. The Hall–Kier alpha value is -2.33. The number of phenols is 1. The third-order valence-corrected chi connectivity index (χ3v) is 3.38. The number of halogens is 1. The van der Waals surface area contributed by atoms with E-state index < -0.39 is 0 Å². The summed E-state index contributed by atoms with van der Waals surface area (Å²) < 4.78 is 0. The molecule has 22 heavy (non-hydrogen) atoms. The van der Waals surface area contributed by atoms with Gasteiger partial charge in [0, 0.05) is 5.02 Å². The summed E-state index contributed by atoms with van der Waals surface area (Å²) in [5, 5.41) is 14.1. The Bertz CT molecular complexity index is 664. The van der Waals surface area contributed by atoms with Crippen molar-refractivity contribution in [2.45, 2.75) is 19.8 Å². The van der Waals surface area contributed by atoms with Gasteiger partial charge in [0.25, 0.3) is 0 Å². The number of hydrogen-bond acceptors (Lipinski definition) is 3. The second kappa shape index (κ2) is 7.61. The molecule has 0 saturated heterocycles. The number of phenolic OH excluding ortho intramolecular Hbond substituents is 1. The van der Waals surface area contributed by atoms with Crippen molar-refractivity contribution in [3.63, 3.8) is 0 Å². The van der Waals surface area contributed by atoms with Gasteiger partial charge >= 0.3 is 0 Å². The molecule has 2 aromatic carbocycles. The maximum Gasteiger partial charge on any atom is 0.244 e. The van der Waals surface area contributed by atoms with Gasteiger partial charge in [0.15, 0.2) is 0 Å². The predicted octanol–water partition coefficient (Wildman–Crippen LogP) is 3.52. The first kappa shape index (κ1) is 16.0. The normalized spacial score (nSPS) is 11.3. The Balaban J connectivity index is 2.00. The van der Waals surface area contributed by atoms with Gasteiger partial charge in [-0.3, -0.25) is 4.79 Å². The highest BCUT2D eigenvalue weighted by atomic mass is 35.5. The van der Waals surface area contributed by atoms with Gasteiger partial charge in [-0.1, -0.05) is 30.7 Å². The summed E-state index contributed by atoms with van der Waals surface area (Å²) in [5.74, 6) is 0.0121. The van der Waals surface area contributed by atoms with Crippen molar-refractivity contribution >= 4 is 23.2 Å². The van der Waals surface area contributed by atoms with E-state index in [4.69, 9.17) is 11.6 Å². The number of nitrogens with zero attached hydrogens (tertiary/aromatic N) is 1. The lowest BCUT2D eigenvalue weighted by atomic mass is 10.1. The van der Waals surface area contributed by atoms with Gasteiger partial charge in [0.1, 0.15) is 5.75 Å². The summed E-state index contributed by atoms with van der Waals surface area (Å²) in [6.07, 6.45) is 0.916. The molecule has 2 aromatic rings. The molecule has 114 valence electrons. The molecule has 5 heteroatoms. The Labute approximate surface area is 134 Å². The van der Waals surface area contributed by atoms with E-state index in [2.05, 4.69) is 10.5 Å². The fraction of sp³-hybridized carbons (Fsp3) is 0.176. The number of amides is 1. The molecule has 2 rings (SSSR count). The predicted molar refractivity (Wildman–Crippen MR) is 88.2 cm³/mol. The van der Waals surface area contributed by atoms with Crippen LogP contribution in [0.3, 0.4) is 0 Å². The maximum atomic E-state index is 11.9. The molecule has 0 fully saturated rings. The lowest BCUT2D eigenvalue weighted by molar-refractivity contribution is -0.120. The van der Waals surface area contributed by atoms with E-state index in [1.165, 1.54) is 0 Å². The molecule has 0 atom stereocenters. The lowest BCUT2D eigenvalue weighted by Crippen LogP contribution is -2.21. The smallest absolute Gasteiger partial charge is 0.244 e. The van der Waals surface area contributed by atoms with Crippen LogP contribution in [0.4, 0.5) is 0 Å². The molecule has 4 nitrogen and oxygen atoms in total. The van der Waals surface area contributed by atoms with Crippen molar-refractivity contribution < 1.29 is 9.90 Å². The first-order chi connectivity index (χ1) is 10.6. The number of nitrogens with one attached hydrogen (secondary N) is 1. The minimum atomic E-state index is -0.188. The van der Waals surface area contributed by atoms with Gasteiger partial charge in [0.2, 0.25) is 5.91 Å². The van der Waals surface area contributed by atoms with E-state index in [9.17, 15) is 9.90 Å². The highest BCUT2D eigenvalue weighted by Gasteiger charge is 2.05. The first-order valence-electron chi connectivity index (χ1n) is 6.97. The van der Waals surface area contributed by atoms with Crippen LogP contribution in [0.5, 0.6) is 5.75 Å². The van der Waals surface area contributed by atoms with Gasteiger partial charge in [-0.15, -0.1) is 0 Å². The van der Waals surface area contributed by atoms with Crippen molar-refractivity contribution in [1.29, 1.82) is 0 Å². The molecule has 0 aromatic heterocycles. The maximum absolute atomic E-state index is 11.9. The number of hydrogen-bond donors (Lipinski definition) is 2. The monoisotopic (exact) mass is 316 g/mol. The largest absolute Gasteiger partial charge is 0.508 e. The molecule has 0 aliphatic heterocycles. The van der Waals surface area contributed by atoms with Crippen LogP contribution in [-0.4, -0.2) is 16.7 Å². The van der Waals surface area contributed by atoms with E-state index >= 15 is 0 Å². The molecule has 1 amide bonds. The van der Waals surface area contributed by atoms with E-state index in [-0.39, 0.29) is 18.1 Å². The van der Waals surface area contributed by atoms with Crippen LogP contribution < -0.4 is 5.43 Å². The summed E-state index contributed by atoms with van der Waals surface area (Å²) in [4.78, 5) is 11.9. The quantitative estimate of drug-likeness (QED) is 0.655. The van der Waals surface area contributed by atoms with Gasteiger partial charge in [0.05, 0.1) is 12.1 Å². The van der Waals surface area contributed by atoms with Gasteiger partial charge in [-0.2, -0.15) is 5.10 Å². The van der Waals surface area contributed by atoms with Crippen LogP contribution >= 0.6 is 11.6 Å². The fourth-order valence-electron chi connectivity index (χ4n) is 1.96. The summed E-state index contributed by atoms with van der Waals surface area (Å²) >= 11 is 5.81. The second-order valence-electron chi connectivity index (χ2n) is 4.80. The van der Waals surface area contributed by atoms with Gasteiger partial charge < -0.3 is 5.11 Å². The Morgan fingerprint density at radius 3 is 2.36 bits per heavy atom. The standard InChI is InChI=1S/C17H17ClN2O2/c1-2-16(13-5-9-15(21)10-6-13)19-20-17(22)11-12-3-7-14(18)8-4-12/h3-10,21H,2,11H2,1H3,(H,20,22). The average molecular weight is 317 g/mol. The Kier molecular flexibility index (Phi) is 5.55. The molecule has 0 bridgehead atoms. The fourth-order valence-corrected chi connectivity index (χ4v) is 2.08. The first-order valence-corrected chi connectivity index (χ1v) is 7.35. The second-order valence-corrected chi connectivity index (χ2v) is 5.23. The molecule has 0 aliphatic rings. The van der Waals surface area contributed by atoms with Gasteiger partial charge in [-0.05, 0) is 53.9 Å². The molecule has 2 N–H and O–H groups in total. The van der Waals surface area contributed by atoms with Crippen LogP contribution in [0.25, 0.3) is 0 Å². The van der Waals surface area contributed by atoms with Gasteiger partial charge in [-0.25, -0.2) is 5.43 Å². The number of rotatable bonds is 5. The number of benzene rings is 2. The van der Waals surface area contributed by atoms with E-state index in [1.54, 1.807) is 36.4 Å². The number of hydrazone groups is 1.